The first kappa shape index (κ1) is 38.6. The molecule has 3 rings (SSSR count). The smallest absolute Gasteiger partial charge is 0.744 e. The maximum absolute atomic E-state index is 11.8. The Balaban J connectivity index is 0.00000456. The van der Waals surface area contributed by atoms with Crippen molar-refractivity contribution in [1.29, 1.82) is 0 Å². The van der Waals surface area contributed by atoms with Crippen LogP contribution in [0.2, 0.25) is 0 Å². The van der Waals surface area contributed by atoms with Crippen LogP contribution in [0, 0.1) is 0 Å². The molecule has 0 aliphatic rings. The molecule has 0 saturated carbocycles. The van der Waals surface area contributed by atoms with E-state index in [1.54, 1.807) is 19.1 Å². The first-order valence-electron chi connectivity index (χ1n) is 9.88. The van der Waals surface area contributed by atoms with E-state index in [9.17, 15) is 38.9 Å². The standard InChI is InChI=1S/C22H21O9PS3.3Na/c1-2-3-13-32(17-7-4-10-20(14-17)33(23,24)25,18-8-5-11-21(15-18)34(26,27)28)19-9-6-12-22(16-19)35(29,30)31;;;/h2-12,14-16H,13H2,1H3,(H2-,23,24,25,26,27,28,29,30,31);;;/q;3*+1/p-2/b3-2-;;;. The SMILES string of the molecule is C/C=C\C[P+](c1cccc(S(=O)(=O)[O-])c1)(c1cccc(S(=O)(=O)[O-])c1)c1cccc(S(=O)(=O)[O-])c1.[Na+].[Na+].[Na+]. The molecule has 0 amide bonds. The van der Waals surface area contributed by atoms with Crippen LogP contribution >= 0.6 is 7.26 Å². The summed E-state index contributed by atoms with van der Waals surface area (Å²) in [6, 6.07) is 15.4. The van der Waals surface area contributed by atoms with Gasteiger partial charge in [-0.2, -0.15) is 0 Å². The van der Waals surface area contributed by atoms with E-state index in [-0.39, 0.29) is 94.8 Å². The number of hydrogen-bond donors (Lipinski definition) is 0. The fraction of sp³-hybridized carbons (Fsp3) is 0.0909. The van der Waals surface area contributed by atoms with Gasteiger partial charge in [0.25, 0.3) is 0 Å². The van der Waals surface area contributed by atoms with Crippen LogP contribution in [0.4, 0.5) is 0 Å². The van der Waals surface area contributed by atoms with E-state index in [1.165, 1.54) is 36.4 Å². The quantitative estimate of drug-likeness (QED) is 0.102. The first-order valence-corrected chi connectivity index (χ1v) is 16.1. The minimum atomic E-state index is -4.88. The predicted octanol–water partition coefficient (Wildman–Crippen LogP) is -7.72. The summed E-state index contributed by atoms with van der Waals surface area (Å²) in [7, 11) is -17.8. The second-order valence-corrected chi connectivity index (χ2v) is 15.1. The Morgan fingerprint density at radius 3 is 1.13 bits per heavy atom. The molecule has 0 saturated heterocycles. The van der Waals surface area contributed by atoms with E-state index in [0.717, 1.165) is 36.4 Å². The molecular formula is C22H19Na3O9PS3+. The van der Waals surface area contributed by atoms with Crippen LogP contribution in [0.3, 0.4) is 0 Å². The van der Waals surface area contributed by atoms with Gasteiger partial charge in [-0.3, -0.25) is 0 Å². The topological polar surface area (TPSA) is 172 Å². The van der Waals surface area contributed by atoms with Crippen LogP contribution in [0.15, 0.2) is 99.6 Å². The molecule has 0 fully saturated rings. The average Bonchev–Trinajstić information content (AvgIpc) is 2.79. The van der Waals surface area contributed by atoms with Gasteiger partial charge in [0.2, 0.25) is 0 Å². The molecule has 0 unspecified atom stereocenters. The molecule has 186 valence electrons. The van der Waals surface area contributed by atoms with E-state index in [4.69, 9.17) is 0 Å². The molecule has 0 spiro atoms. The molecule has 3 aromatic carbocycles. The van der Waals surface area contributed by atoms with Gasteiger partial charge in [0, 0.05) is 0 Å². The van der Waals surface area contributed by atoms with Crippen molar-refractivity contribution in [2.24, 2.45) is 0 Å². The largest absolute Gasteiger partial charge is 1.00 e. The van der Waals surface area contributed by atoms with E-state index in [1.807, 2.05) is 0 Å². The van der Waals surface area contributed by atoms with Crippen LogP contribution in [0.25, 0.3) is 0 Å². The Hall–Kier alpha value is 0.560. The third kappa shape index (κ3) is 9.03. The zero-order valence-electron chi connectivity index (χ0n) is 21.1. The molecule has 0 atom stereocenters. The van der Waals surface area contributed by atoms with Crippen LogP contribution in [0.5, 0.6) is 0 Å². The van der Waals surface area contributed by atoms with Gasteiger partial charge in [-0.25, -0.2) is 25.3 Å². The summed E-state index contributed by atoms with van der Waals surface area (Å²) in [5, 5.41) is 0.898. The van der Waals surface area contributed by atoms with Crippen molar-refractivity contribution in [1.82, 2.24) is 0 Å². The van der Waals surface area contributed by atoms with Crippen molar-refractivity contribution in [2.75, 3.05) is 6.16 Å². The zero-order chi connectivity index (χ0) is 26.1. The van der Waals surface area contributed by atoms with Gasteiger partial charge in [0.1, 0.15) is 53.5 Å². The Morgan fingerprint density at radius 2 is 0.895 bits per heavy atom. The summed E-state index contributed by atoms with van der Waals surface area (Å²) in [6.07, 6.45) is 3.53. The Kier molecular flexibility index (Phi) is 15.4. The summed E-state index contributed by atoms with van der Waals surface area (Å²) in [5.41, 5.74) is 0. The van der Waals surface area contributed by atoms with Gasteiger partial charge in [0.15, 0.2) is 0 Å². The molecule has 0 heterocycles. The summed E-state index contributed by atoms with van der Waals surface area (Å²) in [4.78, 5) is -1.62. The Morgan fingerprint density at radius 1 is 0.605 bits per heavy atom. The molecule has 0 aromatic heterocycles. The number of rotatable bonds is 8. The first-order chi connectivity index (χ1) is 16.2. The fourth-order valence-electron chi connectivity index (χ4n) is 3.66. The summed E-state index contributed by atoms with van der Waals surface area (Å²) in [6.45, 7) is 1.71. The number of benzene rings is 3. The minimum Gasteiger partial charge on any atom is -0.744 e. The third-order valence-electron chi connectivity index (χ3n) is 5.26. The maximum atomic E-state index is 11.8. The molecule has 0 aliphatic heterocycles. The van der Waals surface area contributed by atoms with Gasteiger partial charge in [-0.15, -0.1) is 0 Å². The van der Waals surface area contributed by atoms with Gasteiger partial charge >= 0.3 is 88.7 Å². The third-order valence-corrected chi connectivity index (χ3v) is 12.0. The van der Waals surface area contributed by atoms with Gasteiger partial charge < -0.3 is 13.7 Å². The van der Waals surface area contributed by atoms with Crippen molar-refractivity contribution >= 4 is 53.5 Å². The molecule has 0 N–H and O–H groups in total. The minimum absolute atomic E-state index is 0. The zero-order valence-corrected chi connectivity index (χ0v) is 30.5. The van der Waals surface area contributed by atoms with Crippen LogP contribution < -0.4 is 105 Å². The molecule has 0 radical (unpaired) electrons. The normalized spacial score (nSPS) is 12.2. The van der Waals surface area contributed by atoms with Crippen LogP contribution in [-0.4, -0.2) is 45.1 Å². The maximum Gasteiger partial charge on any atom is 1.00 e. The van der Waals surface area contributed by atoms with Crippen molar-refractivity contribution in [2.45, 2.75) is 21.6 Å². The van der Waals surface area contributed by atoms with Gasteiger partial charge in [0.05, 0.1) is 20.8 Å². The Bertz CT molecular complexity index is 1440. The van der Waals surface area contributed by atoms with Gasteiger partial charge in [-0.1, -0.05) is 30.4 Å². The number of allylic oxidation sites excluding steroid dienone is 2. The van der Waals surface area contributed by atoms with Crippen molar-refractivity contribution in [3.63, 3.8) is 0 Å². The molecule has 9 nitrogen and oxygen atoms in total. The van der Waals surface area contributed by atoms with E-state index in [0.29, 0.717) is 15.9 Å². The summed E-state index contributed by atoms with van der Waals surface area (Å²) < 4.78 is 106. The monoisotopic (exact) mass is 623 g/mol. The molecule has 3 aromatic rings. The fourth-order valence-corrected chi connectivity index (χ4v) is 9.62. The van der Waals surface area contributed by atoms with Crippen LogP contribution in [-0.2, 0) is 30.4 Å². The van der Waals surface area contributed by atoms with E-state index < -0.39 is 52.3 Å². The van der Waals surface area contributed by atoms with Crippen molar-refractivity contribution in [3.8, 4) is 0 Å². The molecule has 0 bridgehead atoms. The second-order valence-electron chi connectivity index (χ2n) is 7.42. The summed E-state index contributed by atoms with van der Waals surface area (Å²) >= 11 is 0. The van der Waals surface area contributed by atoms with Crippen molar-refractivity contribution in [3.05, 3.63) is 84.9 Å². The summed E-state index contributed by atoms with van der Waals surface area (Å²) in [5.74, 6) is 0. The molecule has 16 heteroatoms. The Labute approximate surface area is 290 Å². The molecule has 38 heavy (non-hydrogen) atoms. The van der Waals surface area contributed by atoms with Crippen LogP contribution in [0.1, 0.15) is 6.92 Å². The predicted molar refractivity (Wildman–Crippen MR) is 129 cm³/mol. The molecular weight excluding hydrogens is 604 g/mol. The average molecular weight is 624 g/mol. The van der Waals surface area contributed by atoms with Gasteiger partial charge in [-0.05, 0) is 61.5 Å². The number of hydrogen-bond acceptors (Lipinski definition) is 9. The second kappa shape index (κ2) is 15.2. The van der Waals surface area contributed by atoms with Crippen molar-refractivity contribution < 1.29 is 128 Å². The van der Waals surface area contributed by atoms with E-state index >= 15 is 0 Å². The van der Waals surface area contributed by atoms with E-state index in [2.05, 4.69) is 0 Å². The molecule has 0 aliphatic carbocycles.